The Labute approximate surface area is 140 Å². The van der Waals surface area contributed by atoms with Crippen molar-refractivity contribution in [3.63, 3.8) is 0 Å². The van der Waals surface area contributed by atoms with Crippen LogP contribution in [0.1, 0.15) is 52.5 Å². The molecule has 2 aromatic rings. The van der Waals surface area contributed by atoms with Crippen molar-refractivity contribution in [3.05, 3.63) is 51.5 Å². The average molecular weight is 327 g/mol. The molecule has 5 heteroatoms. The Morgan fingerprint density at radius 2 is 2.35 bits per heavy atom. The summed E-state index contributed by atoms with van der Waals surface area (Å²) in [4.78, 5) is 18.7. The molecule has 0 radical (unpaired) electrons. The Hall–Kier alpha value is -2.01. The van der Waals surface area contributed by atoms with Crippen molar-refractivity contribution in [1.29, 1.82) is 0 Å². The second kappa shape index (κ2) is 7.04. The van der Waals surface area contributed by atoms with Gasteiger partial charge in [0.1, 0.15) is 0 Å². The van der Waals surface area contributed by atoms with Crippen molar-refractivity contribution >= 4 is 23.0 Å². The number of amides is 1. The zero-order chi connectivity index (χ0) is 16.2. The molecular weight excluding hydrogens is 306 g/mol. The quantitative estimate of drug-likeness (QED) is 0.686. The van der Waals surface area contributed by atoms with E-state index in [4.69, 9.17) is 0 Å². The van der Waals surface area contributed by atoms with Gasteiger partial charge in [0.05, 0.1) is 16.3 Å². The number of pyridine rings is 1. The zero-order valence-corrected chi connectivity index (χ0v) is 14.3. The summed E-state index contributed by atoms with van der Waals surface area (Å²) < 4.78 is 0. The lowest BCUT2D eigenvalue weighted by atomic mass is 9.87. The molecule has 1 N–H and O–H groups in total. The van der Waals surface area contributed by atoms with Gasteiger partial charge >= 0.3 is 0 Å². The summed E-state index contributed by atoms with van der Waals surface area (Å²) in [5.41, 5.74) is 5.47. The predicted molar refractivity (Wildman–Crippen MR) is 94.0 cm³/mol. The molecule has 0 saturated heterocycles. The maximum atomic E-state index is 12.3. The third-order valence-corrected chi connectivity index (χ3v) is 5.58. The zero-order valence-electron chi connectivity index (χ0n) is 13.5. The van der Waals surface area contributed by atoms with Crippen molar-refractivity contribution < 1.29 is 4.79 Å². The number of fused-ring (bicyclic) bond motifs is 1. The van der Waals surface area contributed by atoms with E-state index in [9.17, 15) is 4.79 Å². The largest absolute Gasteiger partial charge is 0.281 e. The Kier molecular flexibility index (Phi) is 4.86. The van der Waals surface area contributed by atoms with E-state index in [1.165, 1.54) is 23.3 Å². The van der Waals surface area contributed by atoms with Crippen LogP contribution in [0.15, 0.2) is 35.6 Å². The SMILES string of the molecule is CC[C@H]1CCc2sc(C(=O)N/N=C(/C)c3ccccn3)cc2C1. The van der Waals surface area contributed by atoms with Gasteiger partial charge in [0.15, 0.2) is 0 Å². The molecule has 0 saturated carbocycles. The van der Waals surface area contributed by atoms with Crippen LogP contribution in [-0.2, 0) is 12.8 Å². The number of hydrazone groups is 1. The summed E-state index contributed by atoms with van der Waals surface area (Å²) in [6, 6.07) is 7.68. The Morgan fingerprint density at radius 3 is 3.09 bits per heavy atom. The molecular formula is C18H21N3OS. The van der Waals surface area contributed by atoms with Crippen molar-refractivity contribution in [2.75, 3.05) is 0 Å². The molecule has 0 bridgehead atoms. The molecule has 120 valence electrons. The highest BCUT2D eigenvalue weighted by Crippen LogP contribution is 2.33. The summed E-state index contributed by atoms with van der Waals surface area (Å²) >= 11 is 1.61. The van der Waals surface area contributed by atoms with Gasteiger partial charge in [-0.1, -0.05) is 19.4 Å². The van der Waals surface area contributed by atoms with E-state index in [0.29, 0.717) is 5.71 Å². The molecule has 1 aliphatic rings. The molecule has 23 heavy (non-hydrogen) atoms. The fraction of sp³-hybridized carbons (Fsp3) is 0.389. The minimum Gasteiger partial charge on any atom is -0.266 e. The molecule has 2 heterocycles. The first-order chi connectivity index (χ1) is 11.2. The fourth-order valence-corrected chi connectivity index (χ4v) is 3.98. The normalized spacial score (nSPS) is 17.7. The first-order valence-corrected chi connectivity index (χ1v) is 8.86. The maximum Gasteiger partial charge on any atom is 0.281 e. The van der Waals surface area contributed by atoms with E-state index in [-0.39, 0.29) is 5.91 Å². The van der Waals surface area contributed by atoms with Crippen LogP contribution >= 0.6 is 11.3 Å². The van der Waals surface area contributed by atoms with E-state index < -0.39 is 0 Å². The van der Waals surface area contributed by atoms with Gasteiger partial charge in [-0.25, -0.2) is 5.43 Å². The van der Waals surface area contributed by atoms with Crippen LogP contribution in [0.25, 0.3) is 0 Å². The third-order valence-electron chi connectivity index (χ3n) is 4.35. The Morgan fingerprint density at radius 1 is 1.48 bits per heavy atom. The van der Waals surface area contributed by atoms with Gasteiger partial charge in [0.2, 0.25) is 0 Å². The summed E-state index contributed by atoms with van der Waals surface area (Å²) in [5.74, 6) is 0.630. The summed E-state index contributed by atoms with van der Waals surface area (Å²) in [7, 11) is 0. The maximum absolute atomic E-state index is 12.3. The van der Waals surface area contributed by atoms with E-state index >= 15 is 0 Å². The van der Waals surface area contributed by atoms with Gasteiger partial charge in [0, 0.05) is 11.1 Å². The summed E-state index contributed by atoms with van der Waals surface area (Å²) in [6.07, 6.45) is 6.37. The van der Waals surface area contributed by atoms with Gasteiger partial charge < -0.3 is 0 Å². The summed E-state index contributed by atoms with van der Waals surface area (Å²) in [6.45, 7) is 4.08. The molecule has 0 aromatic carbocycles. The molecule has 0 aliphatic heterocycles. The standard InChI is InChI=1S/C18H21N3OS/c1-3-13-7-8-16-14(10-13)11-17(23-16)18(22)21-20-12(2)15-6-4-5-9-19-15/h4-6,9,11,13H,3,7-8,10H2,1-2H3,(H,21,22)/b20-12-/t13-/m0/s1. The number of thiophene rings is 1. The Balaban J connectivity index is 1.69. The number of hydrogen-bond donors (Lipinski definition) is 1. The van der Waals surface area contributed by atoms with Crippen LogP contribution in [-0.4, -0.2) is 16.6 Å². The molecule has 2 aromatic heterocycles. The van der Waals surface area contributed by atoms with Crippen molar-refractivity contribution in [1.82, 2.24) is 10.4 Å². The molecule has 0 spiro atoms. The lowest BCUT2D eigenvalue weighted by molar-refractivity contribution is 0.0959. The van der Waals surface area contributed by atoms with Gasteiger partial charge in [-0.15, -0.1) is 11.3 Å². The molecule has 1 aliphatic carbocycles. The van der Waals surface area contributed by atoms with Gasteiger partial charge in [-0.05, 0) is 55.9 Å². The second-order valence-corrected chi connectivity index (χ2v) is 7.07. The first-order valence-electron chi connectivity index (χ1n) is 8.05. The number of rotatable bonds is 4. The van der Waals surface area contributed by atoms with Crippen molar-refractivity contribution in [3.8, 4) is 0 Å². The predicted octanol–water partition coefficient (Wildman–Crippen LogP) is 3.81. The van der Waals surface area contributed by atoms with Gasteiger partial charge in [-0.3, -0.25) is 9.78 Å². The smallest absolute Gasteiger partial charge is 0.266 e. The number of nitrogens with one attached hydrogen (secondary N) is 1. The number of carbonyl (C=O) groups excluding carboxylic acids is 1. The van der Waals surface area contributed by atoms with Gasteiger partial charge in [0.25, 0.3) is 5.91 Å². The molecule has 3 rings (SSSR count). The minimum atomic E-state index is -0.132. The van der Waals surface area contributed by atoms with Crippen LogP contribution < -0.4 is 5.43 Å². The molecule has 4 nitrogen and oxygen atoms in total. The van der Waals surface area contributed by atoms with E-state index in [1.807, 2.05) is 31.2 Å². The third kappa shape index (κ3) is 3.67. The number of nitrogens with zero attached hydrogens (tertiary/aromatic N) is 2. The second-order valence-electron chi connectivity index (χ2n) is 5.93. The van der Waals surface area contributed by atoms with Crippen LogP contribution in [0.5, 0.6) is 0 Å². The van der Waals surface area contributed by atoms with Crippen LogP contribution in [0.2, 0.25) is 0 Å². The monoisotopic (exact) mass is 327 g/mol. The first kappa shape index (κ1) is 15.9. The van der Waals surface area contributed by atoms with Gasteiger partial charge in [-0.2, -0.15) is 5.10 Å². The van der Waals surface area contributed by atoms with Crippen LogP contribution in [0, 0.1) is 5.92 Å². The number of aromatic nitrogens is 1. The number of carbonyl (C=O) groups is 1. The molecule has 1 amide bonds. The number of aryl methyl sites for hydroxylation is 1. The minimum absolute atomic E-state index is 0.132. The number of hydrogen-bond acceptors (Lipinski definition) is 4. The highest BCUT2D eigenvalue weighted by Gasteiger charge is 2.21. The molecule has 0 fully saturated rings. The topological polar surface area (TPSA) is 54.4 Å². The summed E-state index contributed by atoms with van der Waals surface area (Å²) in [5, 5.41) is 4.17. The highest BCUT2D eigenvalue weighted by molar-refractivity contribution is 7.14. The van der Waals surface area contributed by atoms with Crippen LogP contribution in [0.4, 0.5) is 0 Å². The highest BCUT2D eigenvalue weighted by atomic mass is 32.1. The van der Waals surface area contributed by atoms with Crippen molar-refractivity contribution in [2.45, 2.75) is 39.5 Å². The molecule has 0 unspecified atom stereocenters. The van der Waals surface area contributed by atoms with E-state index in [0.717, 1.165) is 29.3 Å². The fourth-order valence-electron chi connectivity index (χ4n) is 2.88. The van der Waals surface area contributed by atoms with E-state index in [1.54, 1.807) is 17.5 Å². The van der Waals surface area contributed by atoms with Crippen molar-refractivity contribution in [2.24, 2.45) is 11.0 Å². The lowest BCUT2D eigenvalue weighted by Gasteiger charge is -2.19. The average Bonchev–Trinajstić information content (AvgIpc) is 3.03. The van der Waals surface area contributed by atoms with Crippen LogP contribution in [0.3, 0.4) is 0 Å². The Bertz CT molecular complexity index is 721. The molecule has 1 atom stereocenters. The lowest BCUT2D eigenvalue weighted by Crippen LogP contribution is -2.18. The van der Waals surface area contributed by atoms with E-state index in [2.05, 4.69) is 22.4 Å².